The molecule has 2 N–H and O–H groups in total. The van der Waals surface area contributed by atoms with Gasteiger partial charge < -0.3 is 29.9 Å². The van der Waals surface area contributed by atoms with Gasteiger partial charge in [-0.25, -0.2) is 9.59 Å². The van der Waals surface area contributed by atoms with Gasteiger partial charge in [-0.3, -0.25) is 14.7 Å². The van der Waals surface area contributed by atoms with Crippen molar-refractivity contribution in [2.24, 2.45) is 0 Å². The number of morpholine rings is 1. The first-order valence-corrected chi connectivity index (χ1v) is 19.0. The zero-order valence-electron chi connectivity index (χ0n) is 28.8. The number of ether oxygens (including phenoxy) is 2. The van der Waals surface area contributed by atoms with Crippen molar-refractivity contribution >= 4 is 29.4 Å². The van der Waals surface area contributed by atoms with E-state index < -0.39 is 12.1 Å². The van der Waals surface area contributed by atoms with Crippen LogP contribution in [0, 0.1) is 0 Å². The number of likely N-dealkylation sites (tertiary alicyclic amines) is 2. The van der Waals surface area contributed by atoms with Crippen molar-refractivity contribution in [3.8, 4) is 0 Å². The normalized spacial score (nSPS) is 21.0. The van der Waals surface area contributed by atoms with Crippen molar-refractivity contribution in [3.63, 3.8) is 0 Å². The van der Waals surface area contributed by atoms with Crippen LogP contribution in [0.5, 0.6) is 0 Å². The second-order valence-electron chi connectivity index (χ2n) is 13.6. The van der Waals surface area contributed by atoms with Crippen molar-refractivity contribution in [2.45, 2.75) is 82.1 Å². The molecule has 4 amide bonds. The fourth-order valence-electron chi connectivity index (χ4n) is 7.35. The molecule has 2 aromatic carbocycles. The Morgan fingerprint density at radius 1 is 0.860 bits per heavy atom. The van der Waals surface area contributed by atoms with E-state index in [0.29, 0.717) is 51.9 Å². The average molecular weight is 703 g/mol. The summed E-state index contributed by atoms with van der Waals surface area (Å²) in [6, 6.07) is 19.4. The zero-order valence-corrected chi connectivity index (χ0v) is 29.6. The standard InChI is InChI=1S/C38H50N6O5S/c45-36(35-24-33(42-18-20-48-21-19-42)26-44(35)38(47)43-16-8-3-9-17-43)40-31(22-29-10-4-1-5-11-29)14-15-32(23-30-12-6-2-7-13-30)41-37(46)49-27-34-25-39-28-50-34/h1-2,4-7,10-13,25,28,31-33,35H,3,8-9,14-24,26-27H2,(H,40,45)(H,41,46)/t31-,32-,33+,35+/m1/s1. The van der Waals surface area contributed by atoms with Gasteiger partial charge in [0.15, 0.2) is 0 Å². The van der Waals surface area contributed by atoms with Crippen LogP contribution in [0.4, 0.5) is 9.59 Å². The summed E-state index contributed by atoms with van der Waals surface area (Å²) in [5.74, 6) is -0.108. The number of nitrogens with zero attached hydrogens (tertiary/aromatic N) is 4. The Kier molecular flexibility index (Phi) is 13.1. The number of hydrogen-bond donors (Lipinski definition) is 2. The molecule has 0 bridgehead atoms. The molecule has 12 heteroatoms. The molecule has 0 radical (unpaired) electrons. The summed E-state index contributed by atoms with van der Waals surface area (Å²) in [7, 11) is 0. The number of carbonyl (C=O) groups is 3. The van der Waals surface area contributed by atoms with E-state index in [1.54, 1.807) is 11.7 Å². The Labute approximate surface area is 299 Å². The third kappa shape index (κ3) is 10.3. The molecule has 4 heterocycles. The lowest BCUT2D eigenvalue weighted by atomic mass is 9.95. The molecule has 0 spiro atoms. The molecule has 11 nitrogen and oxygen atoms in total. The van der Waals surface area contributed by atoms with Gasteiger partial charge in [0.05, 0.1) is 23.6 Å². The molecule has 3 aliphatic heterocycles. The number of piperidine rings is 1. The number of alkyl carbamates (subject to hydrolysis) is 1. The van der Waals surface area contributed by atoms with E-state index in [-0.39, 0.29) is 36.7 Å². The molecule has 3 aromatic rings. The monoisotopic (exact) mass is 702 g/mol. The lowest BCUT2D eigenvalue weighted by Crippen LogP contribution is -2.53. The van der Waals surface area contributed by atoms with Gasteiger partial charge in [-0.2, -0.15) is 0 Å². The lowest BCUT2D eigenvalue weighted by Gasteiger charge is -2.34. The predicted molar refractivity (Wildman–Crippen MR) is 193 cm³/mol. The number of nitrogens with one attached hydrogen (secondary N) is 2. The predicted octanol–water partition coefficient (Wildman–Crippen LogP) is 4.87. The number of amides is 4. The minimum atomic E-state index is -0.546. The second-order valence-corrected chi connectivity index (χ2v) is 14.6. The molecular formula is C38H50N6O5S. The van der Waals surface area contributed by atoms with Crippen LogP contribution in [0.25, 0.3) is 0 Å². The van der Waals surface area contributed by atoms with E-state index >= 15 is 0 Å². The van der Waals surface area contributed by atoms with Gasteiger partial charge in [-0.05, 0) is 62.5 Å². The Morgan fingerprint density at radius 3 is 2.12 bits per heavy atom. The first kappa shape index (κ1) is 35.8. The molecule has 6 rings (SSSR count). The number of hydrogen-bond acceptors (Lipinski definition) is 8. The zero-order chi connectivity index (χ0) is 34.5. The van der Waals surface area contributed by atoms with Gasteiger partial charge >= 0.3 is 12.1 Å². The summed E-state index contributed by atoms with van der Waals surface area (Å²) >= 11 is 1.44. The minimum Gasteiger partial charge on any atom is -0.444 e. The number of urea groups is 1. The molecule has 268 valence electrons. The van der Waals surface area contributed by atoms with Crippen molar-refractivity contribution in [1.82, 2.24) is 30.3 Å². The number of rotatable bonds is 13. The Hall–Kier alpha value is -4.00. The van der Waals surface area contributed by atoms with Gasteiger partial charge in [0.25, 0.3) is 0 Å². The molecule has 4 atom stereocenters. The highest BCUT2D eigenvalue weighted by atomic mass is 32.1. The highest BCUT2D eigenvalue weighted by Crippen LogP contribution is 2.26. The maximum atomic E-state index is 14.3. The summed E-state index contributed by atoms with van der Waals surface area (Å²) in [4.78, 5) is 52.3. The van der Waals surface area contributed by atoms with Crippen LogP contribution in [-0.2, 0) is 33.7 Å². The van der Waals surface area contributed by atoms with E-state index in [2.05, 4.69) is 44.8 Å². The van der Waals surface area contributed by atoms with Crippen molar-refractivity contribution in [2.75, 3.05) is 45.9 Å². The molecule has 50 heavy (non-hydrogen) atoms. The summed E-state index contributed by atoms with van der Waals surface area (Å²) in [5.41, 5.74) is 3.94. The second kappa shape index (κ2) is 18.3. The number of carbonyl (C=O) groups excluding carboxylic acids is 3. The third-order valence-corrected chi connectivity index (χ3v) is 10.8. The minimum absolute atomic E-state index is 0.0239. The topological polar surface area (TPSA) is 116 Å². The van der Waals surface area contributed by atoms with Crippen LogP contribution in [0.1, 0.15) is 54.5 Å². The van der Waals surface area contributed by atoms with Crippen LogP contribution >= 0.6 is 11.3 Å². The fourth-order valence-corrected chi connectivity index (χ4v) is 7.86. The highest BCUT2D eigenvalue weighted by Gasteiger charge is 2.44. The molecule has 3 aliphatic rings. The molecule has 3 saturated heterocycles. The number of thiazole rings is 1. The molecule has 3 fully saturated rings. The molecule has 0 aliphatic carbocycles. The first-order valence-electron chi connectivity index (χ1n) is 18.1. The van der Waals surface area contributed by atoms with E-state index in [1.165, 1.54) is 11.3 Å². The maximum Gasteiger partial charge on any atom is 0.407 e. The van der Waals surface area contributed by atoms with E-state index in [9.17, 15) is 14.4 Å². The molecule has 0 saturated carbocycles. The number of aromatic nitrogens is 1. The van der Waals surface area contributed by atoms with Crippen molar-refractivity contribution in [3.05, 3.63) is 88.4 Å². The first-order chi connectivity index (χ1) is 24.5. The Morgan fingerprint density at radius 2 is 1.50 bits per heavy atom. The lowest BCUT2D eigenvalue weighted by molar-refractivity contribution is -0.125. The molecular weight excluding hydrogens is 653 g/mol. The van der Waals surface area contributed by atoms with E-state index in [4.69, 9.17) is 9.47 Å². The van der Waals surface area contributed by atoms with Crippen molar-refractivity contribution in [1.29, 1.82) is 0 Å². The number of benzene rings is 2. The quantitative estimate of drug-likeness (QED) is 0.261. The van der Waals surface area contributed by atoms with Crippen LogP contribution in [0.3, 0.4) is 0 Å². The van der Waals surface area contributed by atoms with Gasteiger partial charge in [-0.15, -0.1) is 11.3 Å². The molecule has 1 aromatic heterocycles. The van der Waals surface area contributed by atoms with Gasteiger partial charge in [-0.1, -0.05) is 60.7 Å². The average Bonchev–Trinajstić information content (AvgIpc) is 3.85. The summed E-state index contributed by atoms with van der Waals surface area (Å²) in [5, 5.41) is 6.48. The van der Waals surface area contributed by atoms with Crippen molar-refractivity contribution < 1.29 is 23.9 Å². The largest absolute Gasteiger partial charge is 0.444 e. The van der Waals surface area contributed by atoms with Crippen LogP contribution in [0.2, 0.25) is 0 Å². The van der Waals surface area contributed by atoms with Crippen LogP contribution < -0.4 is 10.6 Å². The SMILES string of the molecule is O=C(N[C@H](CC[C@H](Cc1ccccc1)NC(=O)[C@@H]1C[C@H](N2CCOCC2)CN1C(=O)N1CCCCC1)Cc1ccccc1)OCc1cncs1. The third-order valence-electron chi connectivity index (χ3n) is 10.0. The smallest absolute Gasteiger partial charge is 0.407 e. The van der Waals surface area contributed by atoms with E-state index in [1.807, 2.05) is 46.2 Å². The summed E-state index contributed by atoms with van der Waals surface area (Å²) < 4.78 is 11.1. The van der Waals surface area contributed by atoms with Crippen LogP contribution in [-0.4, -0.2) is 108 Å². The van der Waals surface area contributed by atoms with Crippen LogP contribution in [0.15, 0.2) is 72.4 Å². The van der Waals surface area contributed by atoms with E-state index in [0.717, 1.165) is 61.4 Å². The van der Waals surface area contributed by atoms with Gasteiger partial charge in [0.2, 0.25) is 5.91 Å². The Balaban J connectivity index is 1.16. The summed E-state index contributed by atoms with van der Waals surface area (Å²) in [6.07, 6.45) is 7.49. The maximum absolute atomic E-state index is 14.3. The van der Waals surface area contributed by atoms with Gasteiger partial charge in [0, 0.05) is 57.0 Å². The summed E-state index contributed by atoms with van der Waals surface area (Å²) in [6.45, 7) is 5.15. The van der Waals surface area contributed by atoms with Gasteiger partial charge in [0.1, 0.15) is 12.6 Å². The highest BCUT2D eigenvalue weighted by molar-refractivity contribution is 7.09. The fraction of sp³-hybridized carbons (Fsp3) is 0.526. The Bertz CT molecular complexity index is 1480. The molecule has 0 unspecified atom stereocenters.